The molecule has 0 amide bonds. The molecule has 1 fully saturated rings. The van der Waals surface area contributed by atoms with Crippen molar-refractivity contribution in [2.75, 3.05) is 19.6 Å². The predicted octanol–water partition coefficient (Wildman–Crippen LogP) is 4.49. The molecule has 1 aromatic carbocycles. The van der Waals surface area contributed by atoms with E-state index in [4.69, 9.17) is 5.73 Å². The third kappa shape index (κ3) is 4.51. The van der Waals surface area contributed by atoms with Crippen molar-refractivity contribution >= 4 is 15.9 Å². The lowest BCUT2D eigenvalue weighted by atomic mass is 9.96. The summed E-state index contributed by atoms with van der Waals surface area (Å²) in [7, 11) is 0. The maximum atomic E-state index is 13.3. The summed E-state index contributed by atoms with van der Waals surface area (Å²) in [4.78, 5) is 2.48. The highest BCUT2D eigenvalue weighted by molar-refractivity contribution is 9.10. The van der Waals surface area contributed by atoms with Crippen LogP contribution in [0, 0.1) is 11.7 Å². The standard InChI is InChI=1S/C17H26BrFN2/c1-2-4-13-5-3-9-21(10-8-13)17(12-20)15-7-6-14(19)11-16(15)18/h6-7,11,13,17H,2-5,8-10,12,20H2,1H3. The number of halogens is 2. The lowest BCUT2D eigenvalue weighted by molar-refractivity contribution is 0.206. The summed E-state index contributed by atoms with van der Waals surface area (Å²) in [6, 6.07) is 5.11. The van der Waals surface area contributed by atoms with Gasteiger partial charge in [0.2, 0.25) is 0 Å². The van der Waals surface area contributed by atoms with Crippen LogP contribution in [0.5, 0.6) is 0 Å². The zero-order valence-corrected chi connectivity index (χ0v) is 14.4. The molecule has 21 heavy (non-hydrogen) atoms. The Kier molecular flexibility index (Phi) is 6.65. The van der Waals surface area contributed by atoms with E-state index in [1.807, 2.05) is 6.07 Å². The van der Waals surface area contributed by atoms with Gasteiger partial charge < -0.3 is 5.73 Å². The fourth-order valence-electron chi connectivity index (χ4n) is 3.44. The maximum Gasteiger partial charge on any atom is 0.124 e. The summed E-state index contributed by atoms with van der Waals surface area (Å²) >= 11 is 3.49. The van der Waals surface area contributed by atoms with E-state index >= 15 is 0 Å². The topological polar surface area (TPSA) is 29.3 Å². The summed E-state index contributed by atoms with van der Waals surface area (Å²) in [5, 5.41) is 0. The average Bonchev–Trinajstić information content (AvgIpc) is 2.68. The first-order valence-corrected chi connectivity index (χ1v) is 8.84. The van der Waals surface area contributed by atoms with Gasteiger partial charge in [-0.05, 0) is 56.0 Å². The van der Waals surface area contributed by atoms with E-state index in [1.54, 1.807) is 0 Å². The van der Waals surface area contributed by atoms with Crippen molar-refractivity contribution in [3.05, 3.63) is 34.1 Å². The Morgan fingerprint density at radius 1 is 1.38 bits per heavy atom. The Balaban J connectivity index is 2.10. The van der Waals surface area contributed by atoms with Crippen LogP contribution in [0.2, 0.25) is 0 Å². The van der Waals surface area contributed by atoms with Gasteiger partial charge in [0.25, 0.3) is 0 Å². The van der Waals surface area contributed by atoms with Gasteiger partial charge >= 0.3 is 0 Å². The van der Waals surface area contributed by atoms with Crippen molar-refractivity contribution in [3.63, 3.8) is 0 Å². The average molecular weight is 357 g/mol. The Bertz CT molecular complexity index is 452. The maximum absolute atomic E-state index is 13.3. The van der Waals surface area contributed by atoms with E-state index in [2.05, 4.69) is 27.8 Å². The van der Waals surface area contributed by atoms with Crippen LogP contribution in [0.3, 0.4) is 0 Å². The normalized spacial score (nSPS) is 22.0. The Hall–Kier alpha value is -0.450. The molecule has 2 unspecified atom stereocenters. The number of rotatable bonds is 5. The van der Waals surface area contributed by atoms with Crippen LogP contribution >= 0.6 is 15.9 Å². The number of hydrogen-bond acceptors (Lipinski definition) is 2. The second-order valence-corrected chi connectivity index (χ2v) is 6.89. The van der Waals surface area contributed by atoms with Gasteiger partial charge in [0.15, 0.2) is 0 Å². The summed E-state index contributed by atoms with van der Waals surface area (Å²) in [5.41, 5.74) is 7.14. The SMILES string of the molecule is CCCC1CCCN(C(CN)c2ccc(F)cc2Br)CC1. The summed E-state index contributed by atoms with van der Waals surface area (Å²) in [6.07, 6.45) is 6.42. The molecule has 1 heterocycles. The van der Waals surface area contributed by atoms with Crippen LogP contribution in [-0.2, 0) is 0 Å². The minimum Gasteiger partial charge on any atom is -0.329 e. The third-order valence-corrected chi connectivity index (χ3v) is 5.25. The quantitative estimate of drug-likeness (QED) is 0.841. The fourth-order valence-corrected chi connectivity index (χ4v) is 4.06. The lowest BCUT2D eigenvalue weighted by Gasteiger charge is -2.31. The van der Waals surface area contributed by atoms with Gasteiger partial charge in [-0.1, -0.05) is 41.8 Å². The molecule has 2 nitrogen and oxygen atoms in total. The smallest absolute Gasteiger partial charge is 0.124 e. The van der Waals surface area contributed by atoms with Gasteiger partial charge in [0.05, 0.1) is 0 Å². The summed E-state index contributed by atoms with van der Waals surface area (Å²) in [6.45, 7) is 5.02. The molecule has 118 valence electrons. The molecule has 0 bridgehead atoms. The summed E-state index contributed by atoms with van der Waals surface area (Å²) in [5.74, 6) is 0.648. The van der Waals surface area contributed by atoms with Crippen molar-refractivity contribution < 1.29 is 4.39 Å². The van der Waals surface area contributed by atoms with Gasteiger partial charge in [-0.15, -0.1) is 0 Å². The number of likely N-dealkylation sites (tertiary alicyclic amines) is 1. The van der Waals surface area contributed by atoms with Crippen LogP contribution in [-0.4, -0.2) is 24.5 Å². The van der Waals surface area contributed by atoms with Gasteiger partial charge in [-0.2, -0.15) is 0 Å². The van der Waals surface area contributed by atoms with E-state index in [9.17, 15) is 4.39 Å². The number of benzene rings is 1. The van der Waals surface area contributed by atoms with E-state index in [0.29, 0.717) is 6.54 Å². The highest BCUT2D eigenvalue weighted by atomic mass is 79.9. The van der Waals surface area contributed by atoms with Crippen molar-refractivity contribution in [1.29, 1.82) is 0 Å². The van der Waals surface area contributed by atoms with Gasteiger partial charge in [-0.3, -0.25) is 4.90 Å². The predicted molar refractivity (Wildman–Crippen MR) is 89.7 cm³/mol. The van der Waals surface area contributed by atoms with Crippen molar-refractivity contribution in [3.8, 4) is 0 Å². The van der Waals surface area contributed by atoms with Crippen molar-refractivity contribution in [2.45, 2.75) is 45.1 Å². The molecule has 1 aliphatic rings. The molecule has 4 heteroatoms. The Morgan fingerprint density at radius 3 is 2.86 bits per heavy atom. The molecule has 0 radical (unpaired) electrons. The highest BCUT2D eigenvalue weighted by Crippen LogP contribution is 2.31. The Morgan fingerprint density at radius 2 is 2.19 bits per heavy atom. The lowest BCUT2D eigenvalue weighted by Crippen LogP contribution is -2.35. The summed E-state index contributed by atoms with van der Waals surface area (Å²) < 4.78 is 14.1. The highest BCUT2D eigenvalue weighted by Gasteiger charge is 2.24. The van der Waals surface area contributed by atoms with Crippen LogP contribution in [0.15, 0.2) is 22.7 Å². The van der Waals surface area contributed by atoms with Gasteiger partial charge in [-0.25, -0.2) is 4.39 Å². The van der Waals surface area contributed by atoms with E-state index in [0.717, 1.165) is 29.0 Å². The first kappa shape index (κ1) is 16.9. The first-order valence-electron chi connectivity index (χ1n) is 8.04. The molecule has 0 aliphatic carbocycles. The molecule has 2 atom stereocenters. The first-order chi connectivity index (χ1) is 10.2. The van der Waals surface area contributed by atoms with E-state index < -0.39 is 0 Å². The molecule has 1 aliphatic heterocycles. The number of nitrogens with zero attached hydrogens (tertiary/aromatic N) is 1. The third-order valence-electron chi connectivity index (χ3n) is 4.56. The Labute approximate surface area is 136 Å². The molecule has 1 saturated heterocycles. The van der Waals surface area contributed by atoms with Gasteiger partial charge in [0, 0.05) is 17.1 Å². The van der Waals surface area contributed by atoms with Crippen LogP contribution in [0.4, 0.5) is 4.39 Å². The molecular formula is C17H26BrFN2. The van der Waals surface area contributed by atoms with E-state index in [1.165, 1.54) is 44.2 Å². The van der Waals surface area contributed by atoms with Crippen molar-refractivity contribution in [2.24, 2.45) is 11.7 Å². The fraction of sp³-hybridized carbons (Fsp3) is 0.647. The second kappa shape index (κ2) is 8.25. The molecule has 1 aromatic rings. The number of hydrogen-bond donors (Lipinski definition) is 1. The molecule has 0 spiro atoms. The monoisotopic (exact) mass is 356 g/mol. The molecule has 2 N–H and O–H groups in total. The van der Waals surface area contributed by atoms with Crippen LogP contribution in [0.1, 0.15) is 50.6 Å². The van der Waals surface area contributed by atoms with E-state index in [-0.39, 0.29) is 11.9 Å². The molecule has 0 aromatic heterocycles. The molecule has 0 saturated carbocycles. The van der Waals surface area contributed by atoms with Crippen molar-refractivity contribution in [1.82, 2.24) is 4.90 Å². The van der Waals surface area contributed by atoms with Gasteiger partial charge in [0.1, 0.15) is 5.82 Å². The zero-order valence-electron chi connectivity index (χ0n) is 12.8. The molecular weight excluding hydrogens is 331 g/mol. The minimum atomic E-state index is -0.208. The van der Waals surface area contributed by atoms with Crippen LogP contribution < -0.4 is 5.73 Å². The largest absolute Gasteiger partial charge is 0.329 e. The second-order valence-electron chi connectivity index (χ2n) is 6.04. The molecule has 2 rings (SSSR count). The zero-order chi connectivity index (χ0) is 15.2. The van der Waals surface area contributed by atoms with Crippen LogP contribution in [0.25, 0.3) is 0 Å². The minimum absolute atomic E-state index is 0.181. The number of nitrogens with two attached hydrogens (primary N) is 1.